The van der Waals surface area contributed by atoms with Crippen LogP contribution >= 0.6 is 11.6 Å². The zero-order valence-electron chi connectivity index (χ0n) is 13.2. The minimum Gasteiger partial charge on any atom is -0.378 e. The molecule has 0 bridgehead atoms. The molecular weight excluding hydrogens is 296 g/mol. The third-order valence-electron chi connectivity index (χ3n) is 3.57. The predicted octanol–water partition coefficient (Wildman–Crippen LogP) is 3.61. The predicted molar refractivity (Wildman–Crippen MR) is 92.4 cm³/mol. The van der Waals surface area contributed by atoms with Crippen LogP contribution in [-0.4, -0.2) is 32.0 Å². The molecule has 0 atom stereocenters. The normalized spacial score (nSPS) is 10.4. The molecule has 116 valence electrons. The average Bonchev–Trinajstić information content (AvgIpc) is 2.50. The Bertz CT molecular complexity index is 621. The number of carbonyl (C=O) groups is 1. The summed E-state index contributed by atoms with van der Waals surface area (Å²) in [5, 5.41) is 0.686. The highest BCUT2D eigenvalue weighted by atomic mass is 35.5. The Hall–Kier alpha value is -2.00. The van der Waals surface area contributed by atoms with Gasteiger partial charge < -0.3 is 9.80 Å². The molecule has 0 heterocycles. The first-order valence-electron chi connectivity index (χ1n) is 7.20. The Morgan fingerprint density at radius 2 is 1.45 bits per heavy atom. The summed E-state index contributed by atoms with van der Waals surface area (Å²) in [4.78, 5) is 16.1. The average molecular weight is 317 g/mol. The van der Waals surface area contributed by atoms with Gasteiger partial charge in [0.25, 0.3) is 0 Å². The monoisotopic (exact) mass is 316 g/mol. The van der Waals surface area contributed by atoms with Crippen LogP contribution in [0.15, 0.2) is 48.5 Å². The highest BCUT2D eigenvalue weighted by molar-refractivity contribution is 6.30. The second-order valence-corrected chi connectivity index (χ2v) is 6.05. The van der Waals surface area contributed by atoms with Crippen LogP contribution in [0.25, 0.3) is 0 Å². The number of carbonyl (C=O) groups excluding carboxylic acids is 1. The van der Waals surface area contributed by atoms with Gasteiger partial charge >= 0.3 is 0 Å². The number of anilines is 1. The first-order valence-corrected chi connectivity index (χ1v) is 7.58. The van der Waals surface area contributed by atoms with Gasteiger partial charge in [-0.3, -0.25) is 4.79 Å². The Balaban J connectivity index is 1.94. The number of rotatable bonds is 5. The van der Waals surface area contributed by atoms with Gasteiger partial charge in [-0.1, -0.05) is 35.9 Å². The van der Waals surface area contributed by atoms with Crippen LogP contribution in [0.2, 0.25) is 5.02 Å². The molecule has 0 aliphatic heterocycles. The second kappa shape index (κ2) is 7.32. The summed E-state index contributed by atoms with van der Waals surface area (Å²) in [5.41, 5.74) is 3.25. The molecule has 4 heteroatoms. The molecule has 3 nitrogen and oxygen atoms in total. The second-order valence-electron chi connectivity index (χ2n) is 5.61. The lowest BCUT2D eigenvalue weighted by Crippen LogP contribution is -2.27. The molecular formula is C18H21ClN2O. The fourth-order valence-corrected chi connectivity index (χ4v) is 2.30. The van der Waals surface area contributed by atoms with E-state index in [0.29, 0.717) is 18.0 Å². The maximum absolute atomic E-state index is 12.3. The minimum absolute atomic E-state index is 0.0963. The Morgan fingerprint density at radius 1 is 0.909 bits per heavy atom. The number of hydrogen-bond acceptors (Lipinski definition) is 2. The van der Waals surface area contributed by atoms with Crippen molar-refractivity contribution >= 4 is 23.2 Å². The highest BCUT2D eigenvalue weighted by Gasteiger charge is 2.10. The summed E-state index contributed by atoms with van der Waals surface area (Å²) in [6.07, 6.45) is 0.392. The molecule has 2 aromatic rings. The Labute approximate surface area is 137 Å². The van der Waals surface area contributed by atoms with Crippen molar-refractivity contribution in [2.45, 2.75) is 13.0 Å². The van der Waals surface area contributed by atoms with Gasteiger partial charge in [0.05, 0.1) is 6.42 Å². The topological polar surface area (TPSA) is 23.6 Å². The molecule has 0 spiro atoms. The van der Waals surface area contributed by atoms with Crippen molar-refractivity contribution in [2.24, 2.45) is 0 Å². The standard InChI is InChI=1S/C18H21ClN2O/c1-20(2)17-10-6-15(7-11-17)13-21(3)18(22)12-14-4-8-16(19)9-5-14/h4-11H,12-13H2,1-3H3. The van der Waals surface area contributed by atoms with E-state index < -0.39 is 0 Å². The fourth-order valence-electron chi connectivity index (χ4n) is 2.17. The Morgan fingerprint density at radius 3 is 2.00 bits per heavy atom. The molecule has 0 radical (unpaired) electrons. The van der Waals surface area contributed by atoms with Crippen LogP contribution in [0.3, 0.4) is 0 Å². The van der Waals surface area contributed by atoms with Gasteiger partial charge in [0.2, 0.25) is 5.91 Å². The SMILES string of the molecule is CN(Cc1ccc(N(C)C)cc1)C(=O)Cc1ccc(Cl)cc1. The van der Waals surface area contributed by atoms with Crippen molar-refractivity contribution in [3.05, 3.63) is 64.7 Å². The molecule has 0 aliphatic carbocycles. The van der Waals surface area contributed by atoms with Gasteiger partial charge in [-0.2, -0.15) is 0 Å². The maximum atomic E-state index is 12.3. The molecule has 0 aliphatic rings. The van der Waals surface area contributed by atoms with Crippen LogP contribution in [0.1, 0.15) is 11.1 Å². The number of halogens is 1. The number of hydrogen-bond donors (Lipinski definition) is 0. The quantitative estimate of drug-likeness (QED) is 0.841. The van der Waals surface area contributed by atoms with E-state index in [0.717, 1.165) is 16.8 Å². The van der Waals surface area contributed by atoms with Gasteiger partial charge in [0.1, 0.15) is 0 Å². The van der Waals surface area contributed by atoms with Crippen molar-refractivity contribution in [1.29, 1.82) is 0 Å². The summed E-state index contributed by atoms with van der Waals surface area (Å²) < 4.78 is 0. The van der Waals surface area contributed by atoms with Crippen LogP contribution in [0.4, 0.5) is 5.69 Å². The largest absolute Gasteiger partial charge is 0.378 e. The maximum Gasteiger partial charge on any atom is 0.227 e. The number of amides is 1. The fraction of sp³-hybridized carbons (Fsp3) is 0.278. The molecule has 2 aromatic carbocycles. The van der Waals surface area contributed by atoms with Crippen LogP contribution in [-0.2, 0) is 17.8 Å². The van der Waals surface area contributed by atoms with E-state index in [1.54, 1.807) is 4.90 Å². The van der Waals surface area contributed by atoms with E-state index in [1.165, 1.54) is 0 Å². The van der Waals surface area contributed by atoms with Gasteiger partial charge in [-0.25, -0.2) is 0 Å². The Kier molecular flexibility index (Phi) is 5.45. The van der Waals surface area contributed by atoms with E-state index in [4.69, 9.17) is 11.6 Å². The lowest BCUT2D eigenvalue weighted by atomic mass is 10.1. The summed E-state index contributed by atoms with van der Waals surface area (Å²) >= 11 is 5.85. The van der Waals surface area contributed by atoms with Crippen molar-refractivity contribution in [3.63, 3.8) is 0 Å². The van der Waals surface area contributed by atoms with Gasteiger partial charge in [-0.15, -0.1) is 0 Å². The summed E-state index contributed by atoms with van der Waals surface area (Å²) in [6.45, 7) is 0.611. The van der Waals surface area contributed by atoms with Crippen molar-refractivity contribution in [3.8, 4) is 0 Å². The van der Waals surface area contributed by atoms with E-state index in [-0.39, 0.29) is 5.91 Å². The molecule has 0 N–H and O–H groups in total. The number of benzene rings is 2. The highest BCUT2D eigenvalue weighted by Crippen LogP contribution is 2.14. The molecule has 0 aromatic heterocycles. The van der Waals surface area contributed by atoms with Gasteiger partial charge in [0.15, 0.2) is 0 Å². The third kappa shape index (κ3) is 4.50. The summed E-state index contributed by atoms with van der Waals surface area (Å²) in [5.74, 6) is 0.0963. The zero-order chi connectivity index (χ0) is 16.1. The lowest BCUT2D eigenvalue weighted by molar-refractivity contribution is -0.129. The van der Waals surface area contributed by atoms with Crippen LogP contribution in [0, 0.1) is 0 Å². The van der Waals surface area contributed by atoms with Crippen molar-refractivity contribution < 1.29 is 4.79 Å². The molecule has 0 saturated carbocycles. The van der Waals surface area contributed by atoms with Crippen LogP contribution in [0.5, 0.6) is 0 Å². The van der Waals surface area contributed by atoms with E-state index in [9.17, 15) is 4.79 Å². The van der Waals surface area contributed by atoms with Gasteiger partial charge in [-0.05, 0) is 35.4 Å². The van der Waals surface area contributed by atoms with E-state index >= 15 is 0 Å². The van der Waals surface area contributed by atoms with Crippen molar-refractivity contribution in [1.82, 2.24) is 4.90 Å². The smallest absolute Gasteiger partial charge is 0.227 e. The van der Waals surface area contributed by atoms with E-state index in [2.05, 4.69) is 29.2 Å². The summed E-state index contributed by atoms with van der Waals surface area (Å²) in [6, 6.07) is 15.6. The molecule has 1 amide bonds. The molecule has 0 fully saturated rings. The molecule has 0 unspecified atom stereocenters. The molecule has 0 saturated heterocycles. The summed E-state index contributed by atoms with van der Waals surface area (Å²) in [7, 11) is 5.85. The zero-order valence-corrected chi connectivity index (χ0v) is 14.0. The van der Waals surface area contributed by atoms with Crippen LogP contribution < -0.4 is 4.90 Å². The van der Waals surface area contributed by atoms with Crippen molar-refractivity contribution in [2.75, 3.05) is 26.0 Å². The number of nitrogens with zero attached hydrogens (tertiary/aromatic N) is 2. The van der Waals surface area contributed by atoms with Gasteiger partial charge in [0, 0.05) is 38.4 Å². The molecule has 22 heavy (non-hydrogen) atoms. The minimum atomic E-state index is 0.0963. The van der Waals surface area contributed by atoms with E-state index in [1.807, 2.05) is 45.4 Å². The first-order chi connectivity index (χ1) is 10.5. The number of likely N-dealkylation sites (N-methyl/N-ethyl adjacent to an activating group) is 1. The molecule has 2 rings (SSSR count). The first kappa shape index (κ1) is 16.4. The third-order valence-corrected chi connectivity index (χ3v) is 3.82. The lowest BCUT2D eigenvalue weighted by Gasteiger charge is -2.18.